The van der Waals surface area contributed by atoms with Gasteiger partial charge < -0.3 is 37.0 Å². The number of hydrogen-bond acceptors (Lipinski definition) is 10. The molecular weight excluding hydrogens is 879 g/mol. The van der Waals surface area contributed by atoms with Crippen molar-refractivity contribution in [1.82, 2.24) is 30.3 Å². The Bertz CT molecular complexity index is 2790. The summed E-state index contributed by atoms with van der Waals surface area (Å²) in [6, 6.07) is 26.3. The van der Waals surface area contributed by atoms with Crippen molar-refractivity contribution in [3.8, 4) is 21.6 Å². The first-order chi connectivity index (χ1) is 32.5. The molecule has 1 saturated heterocycles. The second-order valence-electron chi connectivity index (χ2n) is 18.8. The van der Waals surface area contributed by atoms with Gasteiger partial charge in [0.1, 0.15) is 12.1 Å². The van der Waals surface area contributed by atoms with Crippen LogP contribution in [0.2, 0.25) is 0 Å². The van der Waals surface area contributed by atoms with Crippen LogP contribution in [0.15, 0.2) is 96.5 Å². The van der Waals surface area contributed by atoms with E-state index in [2.05, 4.69) is 45.2 Å². The number of hydrogen-bond donors (Lipinski definition) is 6. The van der Waals surface area contributed by atoms with Gasteiger partial charge in [0.2, 0.25) is 23.6 Å². The highest BCUT2D eigenvalue weighted by molar-refractivity contribution is 7.13. The van der Waals surface area contributed by atoms with Gasteiger partial charge in [-0.15, -0.1) is 16.4 Å². The molecule has 3 atom stereocenters. The van der Waals surface area contributed by atoms with Crippen LogP contribution in [0.1, 0.15) is 101 Å². The Morgan fingerprint density at radius 1 is 0.868 bits per heavy atom. The molecule has 0 spiro atoms. The summed E-state index contributed by atoms with van der Waals surface area (Å²) in [4.78, 5) is 74.2. The summed E-state index contributed by atoms with van der Waals surface area (Å²) >= 11 is 1.57. The normalized spacial score (nSPS) is 15.3. The number of nitrogen functional groups attached to an aromatic ring is 1. The predicted molar refractivity (Wildman–Crippen MR) is 268 cm³/mol. The number of unbranched alkanes of at least 4 members (excludes halogenated alkanes) is 2. The first kappa shape index (κ1) is 49.0. The van der Waals surface area contributed by atoms with Crippen molar-refractivity contribution in [2.24, 2.45) is 5.41 Å². The zero-order chi connectivity index (χ0) is 48.7. The molecule has 1 fully saturated rings. The van der Waals surface area contributed by atoms with E-state index in [1.54, 1.807) is 23.5 Å². The zero-order valence-electron chi connectivity index (χ0n) is 39.5. The number of carbonyl (C=O) groups is 5. The van der Waals surface area contributed by atoms with Crippen molar-refractivity contribution in [3.63, 3.8) is 0 Å². The molecule has 7 N–H and O–H groups in total. The van der Waals surface area contributed by atoms with Crippen molar-refractivity contribution in [1.29, 1.82) is 0 Å². The van der Waals surface area contributed by atoms with E-state index in [-0.39, 0.29) is 61.9 Å². The Morgan fingerprint density at radius 3 is 2.25 bits per heavy atom. The summed E-state index contributed by atoms with van der Waals surface area (Å²) in [5, 5.41) is 27.3. The molecule has 1 aliphatic rings. The van der Waals surface area contributed by atoms with Crippen LogP contribution >= 0.6 is 11.3 Å². The third-order valence-corrected chi connectivity index (χ3v) is 13.2. The molecule has 68 heavy (non-hydrogen) atoms. The molecule has 7 rings (SSSR count). The monoisotopic (exact) mass is 939 g/mol. The van der Waals surface area contributed by atoms with E-state index in [9.17, 15) is 29.1 Å². The van der Waals surface area contributed by atoms with Gasteiger partial charge in [-0.05, 0) is 89.2 Å². The van der Waals surface area contributed by atoms with Gasteiger partial charge in [-0.1, -0.05) is 102 Å². The van der Waals surface area contributed by atoms with Gasteiger partial charge in [-0.2, -0.15) is 4.68 Å². The van der Waals surface area contributed by atoms with Crippen LogP contribution in [-0.4, -0.2) is 79.2 Å². The van der Waals surface area contributed by atoms with E-state index in [4.69, 9.17) is 5.73 Å². The number of nitrogens with two attached hydrogens (primary N) is 1. The number of carbonyl (C=O) groups excluding carboxylic acids is 5. The Balaban J connectivity index is 0.900. The van der Waals surface area contributed by atoms with Crippen molar-refractivity contribution in [2.45, 2.75) is 111 Å². The predicted octanol–water partition coefficient (Wildman–Crippen LogP) is 8.88. The number of likely N-dealkylation sites (tertiary alicyclic amines) is 1. The Labute approximate surface area is 400 Å². The number of fused-ring (bicyclic) bond motifs is 1. The van der Waals surface area contributed by atoms with Gasteiger partial charge >= 0.3 is 6.03 Å². The smallest absolute Gasteiger partial charge is 0.323 e. The molecule has 356 valence electrons. The number of anilines is 3. The highest BCUT2D eigenvalue weighted by Gasteiger charge is 2.44. The zero-order valence-corrected chi connectivity index (χ0v) is 40.3. The van der Waals surface area contributed by atoms with E-state index < -0.39 is 29.5 Å². The van der Waals surface area contributed by atoms with Gasteiger partial charge in [-0.25, -0.2) is 9.78 Å². The Kier molecular flexibility index (Phi) is 15.4. The van der Waals surface area contributed by atoms with Crippen LogP contribution in [-0.2, 0) is 20.9 Å². The fourth-order valence-electron chi connectivity index (χ4n) is 8.52. The molecular formula is C52H61N9O6S. The molecule has 15 nitrogen and oxygen atoms in total. The van der Waals surface area contributed by atoms with E-state index >= 15 is 0 Å². The summed E-state index contributed by atoms with van der Waals surface area (Å²) < 4.78 is 1.33. The van der Waals surface area contributed by atoms with Crippen LogP contribution in [0.5, 0.6) is 0 Å². The van der Waals surface area contributed by atoms with Crippen molar-refractivity contribution in [3.05, 3.63) is 113 Å². The number of nitrogens with zero attached hydrogens (tertiary/aromatic N) is 4. The lowest BCUT2D eigenvalue weighted by molar-refractivity contribution is -0.144. The average Bonchev–Trinajstić information content (AvgIpc) is 4.02. The molecule has 2 aromatic heterocycles. The maximum atomic E-state index is 14.1. The van der Waals surface area contributed by atoms with E-state index in [1.165, 1.54) is 9.58 Å². The number of thiazole rings is 1. The largest absolute Gasteiger partial charge is 0.391 e. The topological polar surface area (TPSA) is 214 Å². The second-order valence-corrected chi connectivity index (χ2v) is 19.7. The van der Waals surface area contributed by atoms with Crippen LogP contribution in [0.3, 0.4) is 0 Å². The minimum Gasteiger partial charge on any atom is -0.391 e. The minimum absolute atomic E-state index is 0.0193. The number of rotatable bonds is 16. The lowest BCUT2D eigenvalue weighted by atomic mass is 9.85. The quantitative estimate of drug-likeness (QED) is 0.0511. The van der Waals surface area contributed by atoms with Crippen molar-refractivity contribution in [2.75, 3.05) is 22.9 Å². The minimum atomic E-state index is -0.945. The molecule has 0 saturated carbocycles. The van der Waals surface area contributed by atoms with Crippen LogP contribution in [0.25, 0.3) is 32.5 Å². The van der Waals surface area contributed by atoms with Gasteiger partial charge in [0.05, 0.1) is 33.1 Å². The number of amides is 5. The lowest BCUT2D eigenvalue weighted by Gasteiger charge is -2.35. The number of urea groups is 1. The number of benzene rings is 4. The molecule has 4 aromatic carbocycles. The molecule has 0 bridgehead atoms. The van der Waals surface area contributed by atoms with Crippen LogP contribution in [0, 0.1) is 12.3 Å². The van der Waals surface area contributed by atoms with Crippen molar-refractivity contribution < 1.29 is 29.1 Å². The molecule has 16 heteroatoms. The lowest BCUT2D eigenvalue weighted by Crippen LogP contribution is -2.57. The van der Waals surface area contributed by atoms with E-state index in [0.29, 0.717) is 47.5 Å². The molecule has 3 unspecified atom stereocenters. The summed E-state index contributed by atoms with van der Waals surface area (Å²) in [5.74, 6) is -0.847. The standard InChI is InChI=1S/C52H61N9O6S/c1-31(2)35-13-10-15-37(25-35)56-51(67)57-38-16-11-14-36(26-38)40-17-12-18-41-45(40)48(53)59-61(41)44(64)20-9-7-8-19-43(63)58-47(52(4,5)6)50(66)60-29-39(62)27-42(60)49(65)54-28-33-21-23-34(24-22-33)46-32(3)55-30-68-46/h10-18,21-26,30-31,39,42,47,62H,7-9,19-20,27-29H2,1-6H3,(H2,53,59)(H,54,65)(H,58,63)(H2,56,57,67). The summed E-state index contributed by atoms with van der Waals surface area (Å²) in [7, 11) is 0. The summed E-state index contributed by atoms with van der Waals surface area (Å²) in [6.07, 6.45) is 1.04. The third kappa shape index (κ3) is 11.8. The number of aryl methyl sites for hydroxylation is 1. The van der Waals surface area contributed by atoms with Crippen LogP contribution < -0.4 is 27.0 Å². The van der Waals surface area contributed by atoms with E-state index in [0.717, 1.165) is 38.4 Å². The SMILES string of the molecule is Cc1ncsc1-c1ccc(CNC(=O)C2CC(O)CN2C(=O)C(NC(=O)CCCCCC(=O)n2nc(N)c3c(-c4cccc(NC(=O)Nc5cccc(C(C)C)c5)c4)cccc32)C(C)(C)C)cc1. The maximum absolute atomic E-state index is 14.1. The molecule has 3 heterocycles. The number of aliphatic hydroxyl groups excluding tert-OH is 1. The average molecular weight is 940 g/mol. The highest BCUT2D eigenvalue weighted by Crippen LogP contribution is 2.34. The summed E-state index contributed by atoms with van der Waals surface area (Å²) in [5.41, 5.74) is 14.9. The highest BCUT2D eigenvalue weighted by atomic mass is 32.1. The molecule has 6 aromatic rings. The fourth-order valence-corrected chi connectivity index (χ4v) is 9.33. The second kappa shape index (κ2) is 21.4. The first-order valence-electron chi connectivity index (χ1n) is 23.1. The van der Waals surface area contributed by atoms with Gasteiger partial charge in [-0.3, -0.25) is 19.2 Å². The number of β-amino-alcohol motifs (C(OH)–C–C–N with tert-alkyl or cyclic N) is 1. The molecule has 0 aliphatic carbocycles. The van der Waals surface area contributed by atoms with Crippen LogP contribution in [0.4, 0.5) is 22.0 Å². The van der Waals surface area contributed by atoms with Gasteiger partial charge in [0.25, 0.3) is 0 Å². The number of nitrogens with one attached hydrogen (secondary N) is 4. The molecule has 5 amide bonds. The number of aliphatic hydroxyl groups is 1. The Hall–Kier alpha value is -6.91. The Morgan fingerprint density at radius 2 is 1.56 bits per heavy atom. The number of aromatic nitrogens is 3. The first-order valence-corrected chi connectivity index (χ1v) is 24.0. The van der Waals surface area contributed by atoms with Gasteiger partial charge in [0.15, 0.2) is 5.82 Å². The maximum Gasteiger partial charge on any atom is 0.323 e. The molecule has 1 aliphatic heterocycles. The van der Waals surface area contributed by atoms with Crippen molar-refractivity contribution >= 4 is 69.1 Å². The third-order valence-electron chi connectivity index (χ3n) is 12.2. The summed E-state index contributed by atoms with van der Waals surface area (Å²) in [6.45, 7) is 11.9. The van der Waals surface area contributed by atoms with Gasteiger partial charge in [0, 0.05) is 43.7 Å². The van der Waals surface area contributed by atoms with E-state index in [1.807, 2.05) is 112 Å². The fraction of sp³-hybridized carbons (Fsp3) is 0.365. The molecule has 0 radical (unpaired) electrons.